The summed E-state index contributed by atoms with van der Waals surface area (Å²) in [6.07, 6.45) is 2.12. The first-order chi connectivity index (χ1) is 12.1. The molecule has 4 rings (SSSR count). The van der Waals surface area contributed by atoms with Crippen molar-refractivity contribution in [3.05, 3.63) is 29.8 Å². The van der Waals surface area contributed by atoms with E-state index in [1.54, 1.807) is 41.2 Å². The summed E-state index contributed by atoms with van der Waals surface area (Å²) in [6.45, 7) is 1.07. The van der Waals surface area contributed by atoms with E-state index in [2.05, 4.69) is 5.32 Å². The highest BCUT2D eigenvalue weighted by Crippen LogP contribution is 2.32. The van der Waals surface area contributed by atoms with Crippen LogP contribution in [0, 0.1) is 0 Å². The van der Waals surface area contributed by atoms with Crippen molar-refractivity contribution in [2.75, 3.05) is 20.2 Å². The summed E-state index contributed by atoms with van der Waals surface area (Å²) in [5.74, 6) is 0.547. The second-order valence-corrected chi connectivity index (χ2v) is 6.83. The summed E-state index contributed by atoms with van der Waals surface area (Å²) in [5.41, 5.74) is 0.531. The molecule has 132 valence electrons. The average Bonchev–Trinajstić information content (AvgIpc) is 3.27. The lowest BCUT2D eigenvalue weighted by Gasteiger charge is -2.38. The van der Waals surface area contributed by atoms with Gasteiger partial charge in [0.05, 0.1) is 7.11 Å². The van der Waals surface area contributed by atoms with E-state index in [1.807, 2.05) is 0 Å². The Morgan fingerprint density at radius 3 is 2.56 bits per heavy atom. The van der Waals surface area contributed by atoms with Gasteiger partial charge in [-0.2, -0.15) is 0 Å². The molecule has 1 aromatic carbocycles. The van der Waals surface area contributed by atoms with Crippen LogP contribution in [0.15, 0.2) is 24.3 Å². The summed E-state index contributed by atoms with van der Waals surface area (Å²) in [6, 6.07) is 5.93. The number of nitrogens with zero attached hydrogens (tertiary/aromatic N) is 2. The first-order valence-corrected chi connectivity index (χ1v) is 8.64. The normalized spacial score (nSPS) is 28.0. The number of amides is 3. The van der Waals surface area contributed by atoms with Crippen LogP contribution in [0.25, 0.3) is 0 Å². The van der Waals surface area contributed by atoms with E-state index in [-0.39, 0.29) is 29.8 Å². The highest BCUT2D eigenvalue weighted by Gasteiger charge is 2.51. The minimum absolute atomic E-state index is 0.0308. The first kappa shape index (κ1) is 15.9. The van der Waals surface area contributed by atoms with Crippen LogP contribution in [-0.2, 0) is 9.59 Å². The molecule has 7 heteroatoms. The molecule has 3 saturated heterocycles. The largest absolute Gasteiger partial charge is 0.497 e. The van der Waals surface area contributed by atoms with E-state index in [1.165, 1.54) is 0 Å². The van der Waals surface area contributed by atoms with Gasteiger partial charge in [0.25, 0.3) is 5.91 Å². The lowest BCUT2D eigenvalue weighted by Crippen LogP contribution is -2.60. The lowest BCUT2D eigenvalue weighted by atomic mass is 10.1. The summed E-state index contributed by atoms with van der Waals surface area (Å²) in [4.78, 5) is 41.0. The van der Waals surface area contributed by atoms with Gasteiger partial charge in [-0.3, -0.25) is 14.4 Å². The number of fused-ring (bicyclic) bond motifs is 2. The van der Waals surface area contributed by atoms with Gasteiger partial charge in [0.2, 0.25) is 11.8 Å². The molecule has 3 fully saturated rings. The van der Waals surface area contributed by atoms with Gasteiger partial charge in [-0.05, 0) is 43.5 Å². The number of hydrogen-bond donors (Lipinski definition) is 1. The summed E-state index contributed by atoms with van der Waals surface area (Å²) in [5, 5.41) is 2.95. The molecule has 7 nitrogen and oxygen atoms in total. The predicted octanol–water partition coefficient (Wildman–Crippen LogP) is 0.399. The lowest BCUT2D eigenvalue weighted by molar-refractivity contribution is -0.156. The minimum atomic E-state index is -0.428. The van der Waals surface area contributed by atoms with Crippen molar-refractivity contribution in [1.29, 1.82) is 0 Å². The van der Waals surface area contributed by atoms with Gasteiger partial charge in [0, 0.05) is 24.7 Å². The zero-order valence-electron chi connectivity index (χ0n) is 14.1. The monoisotopic (exact) mass is 343 g/mol. The maximum Gasteiger partial charge on any atom is 0.251 e. The number of ether oxygens (including phenoxy) is 1. The average molecular weight is 343 g/mol. The molecule has 0 spiro atoms. The quantitative estimate of drug-likeness (QED) is 0.862. The highest BCUT2D eigenvalue weighted by molar-refractivity contribution is 5.98. The van der Waals surface area contributed by atoms with Crippen molar-refractivity contribution in [2.45, 2.75) is 37.4 Å². The molecule has 0 radical (unpaired) electrons. The number of hydrogen-bond acceptors (Lipinski definition) is 4. The van der Waals surface area contributed by atoms with Crippen LogP contribution in [-0.4, -0.2) is 65.8 Å². The summed E-state index contributed by atoms with van der Waals surface area (Å²) < 4.78 is 5.09. The Morgan fingerprint density at radius 2 is 1.84 bits per heavy atom. The van der Waals surface area contributed by atoms with Crippen molar-refractivity contribution in [1.82, 2.24) is 15.1 Å². The molecule has 1 aromatic rings. The van der Waals surface area contributed by atoms with Crippen molar-refractivity contribution < 1.29 is 19.1 Å². The Labute approximate surface area is 145 Å². The van der Waals surface area contributed by atoms with E-state index < -0.39 is 6.04 Å². The maximum atomic E-state index is 12.6. The number of benzene rings is 1. The Bertz CT molecular complexity index is 688. The van der Waals surface area contributed by atoms with Gasteiger partial charge < -0.3 is 19.9 Å². The van der Waals surface area contributed by atoms with Crippen molar-refractivity contribution >= 4 is 17.7 Å². The molecular weight excluding hydrogens is 322 g/mol. The smallest absolute Gasteiger partial charge is 0.251 e. The third kappa shape index (κ3) is 2.63. The highest BCUT2D eigenvalue weighted by atomic mass is 16.5. The molecular formula is C18H21N3O4. The molecule has 0 unspecified atom stereocenters. The first-order valence-electron chi connectivity index (χ1n) is 8.64. The molecule has 0 saturated carbocycles. The fourth-order valence-electron chi connectivity index (χ4n) is 4.10. The van der Waals surface area contributed by atoms with Crippen LogP contribution >= 0.6 is 0 Å². The number of rotatable bonds is 3. The Hall–Kier alpha value is -2.57. The second-order valence-electron chi connectivity index (χ2n) is 6.83. The topological polar surface area (TPSA) is 79.0 Å². The molecule has 3 aliphatic heterocycles. The van der Waals surface area contributed by atoms with Crippen LogP contribution < -0.4 is 10.1 Å². The maximum absolute atomic E-state index is 12.6. The number of carbonyl (C=O) groups excluding carboxylic acids is 3. The molecule has 3 amide bonds. The third-order valence-corrected chi connectivity index (χ3v) is 5.38. The standard InChI is InChI=1S/C18H21N3O4/c1-25-13-6-4-11(5-7-13)16(22)19-12-9-15-18(24)20-8-2-3-14(20)17(23)21(15)10-12/h4-7,12,14-15H,2-3,8-10H2,1H3,(H,19,22)/t12-,14-,15-/m0/s1. The van der Waals surface area contributed by atoms with Gasteiger partial charge in [-0.15, -0.1) is 0 Å². The summed E-state index contributed by atoms with van der Waals surface area (Å²) >= 11 is 0. The Kier molecular flexibility index (Phi) is 3.86. The fraction of sp³-hybridized carbons (Fsp3) is 0.500. The molecule has 3 heterocycles. The zero-order valence-corrected chi connectivity index (χ0v) is 14.1. The van der Waals surface area contributed by atoms with Crippen LogP contribution in [0.1, 0.15) is 29.6 Å². The van der Waals surface area contributed by atoms with E-state index in [0.717, 1.165) is 12.8 Å². The van der Waals surface area contributed by atoms with E-state index >= 15 is 0 Å². The van der Waals surface area contributed by atoms with Gasteiger partial charge >= 0.3 is 0 Å². The molecule has 0 aliphatic carbocycles. The molecule has 0 bridgehead atoms. The van der Waals surface area contributed by atoms with E-state index in [9.17, 15) is 14.4 Å². The number of methoxy groups -OCH3 is 1. The molecule has 1 N–H and O–H groups in total. The molecule has 3 atom stereocenters. The van der Waals surface area contributed by atoms with Gasteiger partial charge in [0.1, 0.15) is 17.8 Å². The van der Waals surface area contributed by atoms with Gasteiger partial charge in [0.15, 0.2) is 0 Å². The number of nitrogens with one attached hydrogen (secondary N) is 1. The fourth-order valence-corrected chi connectivity index (χ4v) is 4.10. The van der Waals surface area contributed by atoms with Gasteiger partial charge in [-0.25, -0.2) is 0 Å². The number of carbonyl (C=O) groups is 3. The zero-order chi connectivity index (χ0) is 17.6. The summed E-state index contributed by atoms with van der Waals surface area (Å²) in [7, 11) is 1.57. The van der Waals surface area contributed by atoms with Gasteiger partial charge in [-0.1, -0.05) is 0 Å². The van der Waals surface area contributed by atoms with E-state index in [0.29, 0.717) is 30.8 Å². The number of piperazine rings is 1. The molecule has 25 heavy (non-hydrogen) atoms. The van der Waals surface area contributed by atoms with Crippen LogP contribution in [0.4, 0.5) is 0 Å². The van der Waals surface area contributed by atoms with Crippen LogP contribution in [0.5, 0.6) is 5.75 Å². The predicted molar refractivity (Wildman–Crippen MR) is 89.1 cm³/mol. The molecule has 3 aliphatic rings. The van der Waals surface area contributed by atoms with E-state index in [4.69, 9.17) is 4.74 Å². The van der Waals surface area contributed by atoms with Crippen molar-refractivity contribution in [3.8, 4) is 5.75 Å². The van der Waals surface area contributed by atoms with Crippen LogP contribution in [0.2, 0.25) is 0 Å². The van der Waals surface area contributed by atoms with Crippen molar-refractivity contribution in [2.24, 2.45) is 0 Å². The van der Waals surface area contributed by atoms with Crippen LogP contribution in [0.3, 0.4) is 0 Å². The second kappa shape index (κ2) is 6.06. The third-order valence-electron chi connectivity index (χ3n) is 5.38. The SMILES string of the molecule is COc1ccc(C(=O)N[C@H]2C[C@H]3C(=O)N4CCC[C@H]4C(=O)N3C2)cc1. The Balaban J connectivity index is 1.44. The Morgan fingerprint density at radius 1 is 1.12 bits per heavy atom. The molecule has 0 aromatic heterocycles. The van der Waals surface area contributed by atoms with Crippen molar-refractivity contribution in [3.63, 3.8) is 0 Å². The minimum Gasteiger partial charge on any atom is -0.497 e.